The number of likely N-dealkylation sites (tertiary alicyclic amines) is 1. The van der Waals surface area contributed by atoms with Gasteiger partial charge in [0, 0.05) is 18.7 Å². The van der Waals surface area contributed by atoms with Crippen molar-refractivity contribution in [2.45, 2.75) is 19.4 Å². The smallest absolute Gasteiger partial charge is 0.256 e. The molecule has 2 unspecified atom stereocenters. The van der Waals surface area contributed by atoms with Gasteiger partial charge in [0.2, 0.25) is 0 Å². The van der Waals surface area contributed by atoms with Crippen LogP contribution in [0.4, 0.5) is 4.39 Å². The van der Waals surface area contributed by atoms with Crippen molar-refractivity contribution < 1.29 is 19.4 Å². The lowest BCUT2D eigenvalue weighted by atomic mass is 9.95. The molecule has 2 N–H and O–H groups in total. The van der Waals surface area contributed by atoms with Crippen LogP contribution in [0.15, 0.2) is 18.2 Å². The maximum Gasteiger partial charge on any atom is 0.256 e. The van der Waals surface area contributed by atoms with Crippen molar-refractivity contribution in [3.63, 3.8) is 0 Å². The third-order valence-corrected chi connectivity index (χ3v) is 3.72. The molecule has 0 saturated carbocycles. The first-order valence-electron chi connectivity index (χ1n) is 6.89. The molecule has 0 aliphatic carbocycles. The van der Waals surface area contributed by atoms with Crippen LogP contribution in [-0.2, 0) is 0 Å². The van der Waals surface area contributed by atoms with Crippen LogP contribution in [0.3, 0.4) is 0 Å². The molecule has 0 aromatic heterocycles. The van der Waals surface area contributed by atoms with E-state index >= 15 is 0 Å². The molecular weight excluding hydrogens is 273 g/mol. The predicted molar refractivity (Wildman–Crippen MR) is 76.1 cm³/mol. The average molecular weight is 291 g/mol. The third-order valence-electron chi connectivity index (χ3n) is 3.72. The topological polar surface area (TPSA) is 60.8 Å². The van der Waals surface area contributed by atoms with Crippen LogP contribution < -0.4 is 0 Å². The summed E-state index contributed by atoms with van der Waals surface area (Å²) in [5.74, 6) is 4.10. The van der Waals surface area contributed by atoms with Crippen LogP contribution in [0.2, 0.25) is 0 Å². The van der Waals surface area contributed by atoms with Crippen molar-refractivity contribution in [1.29, 1.82) is 0 Å². The highest BCUT2D eigenvalue weighted by molar-refractivity contribution is 5.94. The second-order valence-electron chi connectivity index (χ2n) is 5.24. The van der Waals surface area contributed by atoms with Gasteiger partial charge in [-0.25, -0.2) is 4.39 Å². The quantitative estimate of drug-likeness (QED) is 0.759. The summed E-state index contributed by atoms with van der Waals surface area (Å²) in [6.45, 7) is 2.38. The number of benzene rings is 1. The number of carbonyl (C=O) groups is 1. The maximum atomic E-state index is 14.0. The average Bonchev–Trinajstić information content (AvgIpc) is 2.47. The zero-order valence-electron chi connectivity index (χ0n) is 11.8. The summed E-state index contributed by atoms with van der Waals surface area (Å²) in [6.07, 6.45) is 0.134. The SMILES string of the molecule is CC1CCN(C(=O)c2ccc(C#CCO)cc2F)CC1O. The van der Waals surface area contributed by atoms with Crippen LogP contribution in [0.1, 0.15) is 29.3 Å². The molecule has 2 atom stereocenters. The van der Waals surface area contributed by atoms with E-state index in [0.717, 1.165) is 0 Å². The van der Waals surface area contributed by atoms with Gasteiger partial charge in [0.25, 0.3) is 5.91 Å². The molecule has 1 heterocycles. The Morgan fingerprint density at radius 3 is 2.90 bits per heavy atom. The highest BCUT2D eigenvalue weighted by Crippen LogP contribution is 2.20. The highest BCUT2D eigenvalue weighted by Gasteiger charge is 2.28. The van der Waals surface area contributed by atoms with Crippen molar-refractivity contribution in [1.82, 2.24) is 4.90 Å². The number of hydrogen-bond donors (Lipinski definition) is 2. The van der Waals surface area contributed by atoms with Crippen LogP contribution in [0.5, 0.6) is 0 Å². The number of carbonyl (C=O) groups excluding carboxylic acids is 1. The standard InChI is InChI=1S/C16H18FNO3/c1-11-6-7-18(10-15(11)20)16(21)13-5-4-12(3-2-8-19)9-14(13)17/h4-5,9,11,15,19-20H,6-8,10H2,1H3. The number of nitrogens with zero attached hydrogens (tertiary/aromatic N) is 1. The molecule has 0 radical (unpaired) electrons. The summed E-state index contributed by atoms with van der Waals surface area (Å²) in [5, 5.41) is 18.4. The molecule has 1 aliphatic heterocycles. The number of aliphatic hydroxyl groups excluding tert-OH is 2. The Bertz CT molecular complexity index is 591. The predicted octanol–water partition coefficient (Wildman–Crippen LogP) is 1.01. The molecule has 1 aromatic rings. The van der Waals surface area contributed by atoms with Gasteiger partial charge < -0.3 is 15.1 Å². The number of aliphatic hydroxyl groups is 2. The summed E-state index contributed by atoms with van der Waals surface area (Å²) in [4.78, 5) is 13.8. The minimum atomic E-state index is -0.641. The van der Waals surface area contributed by atoms with Crippen molar-refractivity contribution in [2.75, 3.05) is 19.7 Å². The Morgan fingerprint density at radius 2 is 2.29 bits per heavy atom. The zero-order chi connectivity index (χ0) is 15.4. The van der Waals surface area contributed by atoms with E-state index in [4.69, 9.17) is 5.11 Å². The lowest BCUT2D eigenvalue weighted by Gasteiger charge is -2.34. The molecular formula is C16H18FNO3. The number of β-amino-alcohol motifs (C(OH)–C–C–N with tert-alkyl or cyclic N) is 1. The first-order chi connectivity index (χ1) is 10.0. The Morgan fingerprint density at radius 1 is 1.52 bits per heavy atom. The Hall–Kier alpha value is -1.90. The van der Waals surface area contributed by atoms with Crippen LogP contribution >= 0.6 is 0 Å². The normalized spacial score (nSPS) is 21.6. The van der Waals surface area contributed by atoms with Gasteiger partial charge in [0.1, 0.15) is 12.4 Å². The lowest BCUT2D eigenvalue weighted by molar-refractivity contribution is 0.0246. The van der Waals surface area contributed by atoms with Crippen molar-refractivity contribution in [2.24, 2.45) is 5.92 Å². The molecule has 1 amide bonds. The second-order valence-corrected chi connectivity index (χ2v) is 5.24. The molecule has 0 bridgehead atoms. The summed E-state index contributed by atoms with van der Waals surface area (Å²) < 4.78 is 14.0. The third kappa shape index (κ3) is 3.60. The van der Waals surface area contributed by atoms with E-state index in [1.165, 1.54) is 17.0 Å². The minimum absolute atomic E-state index is 0.0219. The molecule has 1 aliphatic rings. The fourth-order valence-corrected chi connectivity index (χ4v) is 2.31. The Balaban J connectivity index is 2.16. The van der Waals surface area contributed by atoms with Crippen LogP contribution in [0, 0.1) is 23.6 Å². The maximum absolute atomic E-state index is 14.0. The largest absolute Gasteiger partial charge is 0.391 e. The summed E-state index contributed by atoms with van der Waals surface area (Å²) >= 11 is 0. The molecule has 1 saturated heterocycles. The molecule has 5 heteroatoms. The monoisotopic (exact) mass is 291 g/mol. The van der Waals surface area contributed by atoms with Gasteiger partial charge in [0.15, 0.2) is 0 Å². The van der Waals surface area contributed by atoms with E-state index in [0.29, 0.717) is 18.5 Å². The van der Waals surface area contributed by atoms with Gasteiger partial charge in [-0.1, -0.05) is 18.8 Å². The fraction of sp³-hybridized carbons (Fsp3) is 0.438. The number of piperidine rings is 1. The van der Waals surface area contributed by atoms with E-state index in [1.807, 2.05) is 6.92 Å². The van der Waals surface area contributed by atoms with Crippen LogP contribution in [0.25, 0.3) is 0 Å². The van der Waals surface area contributed by atoms with Gasteiger partial charge in [-0.3, -0.25) is 4.79 Å². The van der Waals surface area contributed by atoms with E-state index in [2.05, 4.69) is 11.8 Å². The number of amides is 1. The second kappa shape index (κ2) is 6.70. The molecule has 21 heavy (non-hydrogen) atoms. The van der Waals surface area contributed by atoms with E-state index in [-0.39, 0.29) is 24.6 Å². The van der Waals surface area contributed by atoms with Gasteiger partial charge in [-0.2, -0.15) is 0 Å². The highest BCUT2D eigenvalue weighted by atomic mass is 19.1. The first kappa shape index (κ1) is 15.5. The number of halogens is 1. The summed E-state index contributed by atoms with van der Waals surface area (Å²) in [6, 6.07) is 4.12. The van der Waals surface area contributed by atoms with Crippen molar-refractivity contribution in [3.8, 4) is 11.8 Å². The Labute approximate surface area is 123 Å². The van der Waals surface area contributed by atoms with E-state index < -0.39 is 17.8 Å². The van der Waals surface area contributed by atoms with Gasteiger partial charge >= 0.3 is 0 Å². The van der Waals surface area contributed by atoms with Gasteiger partial charge in [-0.15, -0.1) is 0 Å². The molecule has 112 valence electrons. The molecule has 4 nitrogen and oxygen atoms in total. The minimum Gasteiger partial charge on any atom is -0.391 e. The van der Waals surface area contributed by atoms with Crippen molar-refractivity contribution >= 4 is 5.91 Å². The zero-order valence-corrected chi connectivity index (χ0v) is 11.8. The summed E-state index contributed by atoms with van der Waals surface area (Å²) in [5.41, 5.74) is 0.386. The lowest BCUT2D eigenvalue weighted by Crippen LogP contribution is -2.46. The molecule has 0 spiro atoms. The first-order valence-corrected chi connectivity index (χ1v) is 6.89. The molecule has 1 aromatic carbocycles. The van der Waals surface area contributed by atoms with Crippen LogP contribution in [-0.4, -0.2) is 46.8 Å². The molecule has 2 rings (SSSR count). The Kier molecular flexibility index (Phi) is 4.94. The fourth-order valence-electron chi connectivity index (χ4n) is 2.31. The number of rotatable bonds is 1. The number of hydrogen-bond acceptors (Lipinski definition) is 3. The van der Waals surface area contributed by atoms with Gasteiger partial charge in [0.05, 0.1) is 11.7 Å². The van der Waals surface area contributed by atoms with Gasteiger partial charge in [-0.05, 0) is 30.5 Å². The van der Waals surface area contributed by atoms with E-state index in [9.17, 15) is 14.3 Å². The summed E-state index contributed by atoms with van der Waals surface area (Å²) in [7, 11) is 0. The molecule has 1 fully saturated rings. The van der Waals surface area contributed by atoms with Crippen molar-refractivity contribution in [3.05, 3.63) is 35.1 Å². The van der Waals surface area contributed by atoms with E-state index in [1.54, 1.807) is 6.07 Å².